The van der Waals surface area contributed by atoms with Gasteiger partial charge in [0.25, 0.3) is 5.91 Å². The van der Waals surface area contributed by atoms with Gasteiger partial charge in [-0.1, -0.05) is 11.6 Å². The van der Waals surface area contributed by atoms with Crippen molar-refractivity contribution in [2.45, 2.75) is 25.9 Å². The van der Waals surface area contributed by atoms with Gasteiger partial charge in [0.05, 0.1) is 18.3 Å². The van der Waals surface area contributed by atoms with E-state index < -0.39 is 0 Å². The smallest absolute Gasteiger partial charge is 0.255 e. The summed E-state index contributed by atoms with van der Waals surface area (Å²) in [6.45, 7) is 3.68. The SMILES string of the molecule is CCOc1cc(Cl)ccc1C(=O)NCC1CCCO1. The number of amides is 1. The van der Waals surface area contributed by atoms with Gasteiger partial charge in [0.15, 0.2) is 0 Å². The number of ether oxygens (including phenoxy) is 2. The fraction of sp³-hybridized carbons (Fsp3) is 0.500. The zero-order chi connectivity index (χ0) is 13.7. The van der Waals surface area contributed by atoms with Crippen LogP contribution in [-0.2, 0) is 4.74 Å². The highest BCUT2D eigenvalue weighted by Crippen LogP contribution is 2.23. The molecule has 1 heterocycles. The van der Waals surface area contributed by atoms with E-state index in [0.29, 0.717) is 29.5 Å². The molecular weight excluding hydrogens is 266 g/mol. The van der Waals surface area contributed by atoms with Gasteiger partial charge in [-0.05, 0) is 38.0 Å². The van der Waals surface area contributed by atoms with Gasteiger partial charge in [0.1, 0.15) is 5.75 Å². The highest BCUT2D eigenvalue weighted by atomic mass is 35.5. The summed E-state index contributed by atoms with van der Waals surface area (Å²) < 4.78 is 10.9. The van der Waals surface area contributed by atoms with Crippen LogP contribution in [0.3, 0.4) is 0 Å². The number of nitrogens with one attached hydrogen (secondary N) is 1. The largest absolute Gasteiger partial charge is 0.493 e. The van der Waals surface area contributed by atoms with E-state index in [1.54, 1.807) is 18.2 Å². The fourth-order valence-corrected chi connectivity index (χ4v) is 2.23. The molecule has 19 heavy (non-hydrogen) atoms. The van der Waals surface area contributed by atoms with Crippen LogP contribution in [0.25, 0.3) is 0 Å². The molecule has 0 aromatic heterocycles. The van der Waals surface area contributed by atoms with Crippen LogP contribution >= 0.6 is 11.6 Å². The molecule has 0 spiro atoms. The molecule has 1 aliphatic rings. The molecule has 0 radical (unpaired) electrons. The molecule has 5 heteroatoms. The first-order chi connectivity index (χ1) is 9.20. The lowest BCUT2D eigenvalue weighted by Crippen LogP contribution is -2.32. The molecule has 1 unspecified atom stereocenters. The number of rotatable bonds is 5. The van der Waals surface area contributed by atoms with E-state index in [9.17, 15) is 4.79 Å². The fourth-order valence-electron chi connectivity index (χ4n) is 2.07. The molecule has 1 N–H and O–H groups in total. The first kappa shape index (κ1) is 14.2. The van der Waals surface area contributed by atoms with Crippen molar-refractivity contribution in [3.63, 3.8) is 0 Å². The van der Waals surface area contributed by atoms with Gasteiger partial charge in [-0.15, -0.1) is 0 Å². The van der Waals surface area contributed by atoms with Crippen LogP contribution in [-0.4, -0.2) is 31.8 Å². The van der Waals surface area contributed by atoms with Gasteiger partial charge in [0.2, 0.25) is 0 Å². The Bertz CT molecular complexity index is 444. The van der Waals surface area contributed by atoms with Gasteiger partial charge in [-0.2, -0.15) is 0 Å². The van der Waals surface area contributed by atoms with Crippen LogP contribution in [0.4, 0.5) is 0 Å². The van der Waals surface area contributed by atoms with Gasteiger partial charge in [-0.3, -0.25) is 4.79 Å². The van der Waals surface area contributed by atoms with Crippen molar-refractivity contribution in [3.05, 3.63) is 28.8 Å². The zero-order valence-corrected chi connectivity index (χ0v) is 11.7. The van der Waals surface area contributed by atoms with Gasteiger partial charge in [-0.25, -0.2) is 0 Å². The summed E-state index contributed by atoms with van der Waals surface area (Å²) in [5.41, 5.74) is 0.504. The molecule has 1 aliphatic heterocycles. The number of halogens is 1. The molecule has 0 saturated carbocycles. The van der Waals surface area contributed by atoms with Gasteiger partial charge in [0, 0.05) is 18.2 Å². The first-order valence-electron chi connectivity index (χ1n) is 6.53. The molecule has 4 nitrogen and oxygen atoms in total. The number of hydrogen-bond donors (Lipinski definition) is 1. The van der Waals surface area contributed by atoms with Gasteiger partial charge < -0.3 is 14.8 Å². The summed E-state index contributed by atoms with van der Waals surface area (Å²) in [6.07, 6.45) is 2.19. The predicted molar refractivity (Wildman–Crippen MR) is 73.9 cm³/mol. The molecule has 1 saturated heterocycles. The molecule has 0 aliphatic carbocycles. The molecule has 2 rings (SSSR count). The summed E-state index contributed by atoms with van der Waals surface area (Å²) in [6, 6.07) is 5.02. The van der Waals surface area contributed by atoms with E-state index in [1.807, 2.05) is 6.92 Å². The number of carbonyl (C=O) groups excluding carboxylic acids is 1. The minimum Gasteiger partial charge on any atom is -0.493 e. The van der Waals surface area contributed by atoms with Crippen molar-refractivity contribution in [1.29, 1.82) is 0 Å². The third-order valence-electron chi connectivity index (χ3n) is 3.00. The lowest BCUT2D eigenvalue weighted by atomic mass is 10.1. The Labute approximate surface area is 118 Å². The van der Waals surface area contributed by atoms with Gasteiger partial charge >= 0.3 is 0 Å². The van der Waals surface area contributed by atoms with Crippen molar-refractivity contribution in [1.82, 2.24) is 5.32 Å². The van der Waals surface area contributed by atoms with Crippen molar-refractivity contribution in [3.8, 4) is 5.75 Å². The zero-order valence-electron chi connectivity index (χ0n) is 10.9. The van der Waals surface area contributed by atoms with E-state index in [0.717, 1.165) is 19.4 Å². The number of hydrogen-bond acceptors (Lipinski definition) is 3. The quantitative estimate of drug-likeness (QED) is 0.904. The summed E-state index contributed by atoms with van der Waals surface area (Å²) in [7, 11) is 0. The van der Waals surface area contributed by atoms with Crippen LogP contribution in [0.15, 0.2) is 18.2 Å². The average Bonchev–Trinajstić information content (AvgIpc) is 2.90. The van der Waals surface area contributed by atoms with Crippen molar-refractivity contribution in [2.75, 3.05) is 19.8 Å². The van der Waals surface area contributed by atoms with Crippen molar-refractivity contribution in [2.24, 2.45) is 0 Å². The van der Waals surface area contributed by atoms with E-state index in [1.165, 1.54) is 0 Å². The van der Waals surface area contributed by atoms with E-state index in [4.69, 9.17) is 21.1 Å². The Morgan fingerprint density at radius 1 is 1.58 bits per heavy atom. The van der Waals surface area contributed by atoms with Crippen LogP contribution in [0, 0.1) is 0 Å². The van der Waals surface area contributed by atoms with Crippen LogP contribution < -0.4 is 10.1 Å². The second-order valence-electron chi connectivity index (χ2n) is 4.42. The monoisotopic (exact) mass is 283 g/mol. The molecule has 1 amide bonds. The molecule has 1 atom stereocenters. The molecule has 104 valence electrons. The minimum atomic E-state index is -0.157. The molecule has 1 aromatic carbocycles. The number of carbonyl (C=O) groups is 1. The van der Waals surface area contributed by atoms with Crippen molar-refractivity contribution >= 4 is 17.5 Å². The summed E-state index contributed by atoms with van der Waals surface area (Å²) in [5, 5.41) is 3.43. The topological polar surface area (TPSA) is 47.6 Å². The Kier molecular flexibility index (Phi) is 5.05. The Balaban J connectivity index is 2.00. The third-order valence-corrected chi connectivity index (χ3v) is 3.24. The predicted octanol–water partition coefficient (Wildman–Crippen LogP) is 2.65. The van der Waals surface area contributed by atoms with Crippen LogP contribution in [0.2, 0.25) is 5.02 Å². The van der Waals surface area contributed by atoms with Crippen molar-refractivity contribution < 1.29 is 14.3 Å². The summed E-state index contributed by atoms with van der Waals surface area (Å²) in [5.74, 6) is 0.357. The second kappa shape index (κ2) is 6.78. The lowest BCUT2D eigenvalue weighted by Gasteiger charge is -2.13. The molecular formula is C14H18ClNO3. The van der Waals surface area contributed by atoms with Crippen LogP contribution in [0.5, 0.6) is 5.75 Å². The highest BCUT2D eigenvalue weighted by molar-refractivity contribution is 6.30. The Morgan fingerprint density at radius 2 is 2.42 bits per heavy atom. The standard InChI is InChI=1S/C14H18ClNO3/c1-2-18-13-8-10(15)5-6-12(13)14(17)16-9-11-4-3-7-19-11/h5-6,8,11H,2-4,7,9H2,1H3,(H,16,17). The lowest BCUT2D eigenvalue weighted by molar-refractivity contribution is 0.0854. The highest BCUT2D eigenvalue weighted by Gasteiger charge is 2.18. The Morgan fingerprint density at radius 3 is 3.11 bits per heavy atom. The number of benzene rings is 1. The molecule has 1 fully saturated rings. The van der Waals surface area contributed by atoms with Crippen LogP contribution in [0.1, 0.15) is 30.1 Å². The molecule has 1 aromatic rings. The maximum atomic E-state index is 12.1. The second-order valence-corrected chi connectivity index (χ2v) is 4.85. The summed E-state index contributed by atoms with van der Waals surface area (Å²) >= 11 is 5.91. The maximum Gasteiger partial charge on any atom is 0.255 e. The van der Waals surface area contributed by atoms with E-state index in [-0.39, 0.29) is 12.0 Å². The normalized spacial score (nSPS) is 18.3. The Hall–Kier alpha value is -1.26. The molecule has 0 bridgehead atoms. The van der Waals surface area contributed by atoms with E-state index in [2.05, 4.69) is 5.32 Å². The van der Waals surface area contributed by atoms with E-state index >= 15 is 0 Å². The summed E-state index contributed by atoms with van der Waals surface area (Å²) in [4.78, 5) is 12.1. The maximum absolute atomic E-state index is 12.1. The third kappa shape index (κ3) is 3.85. The first-order valence-corrected chi connectivity index (χ1v) is 6.90. The minimum absolute atomic E-state index is 0.131. The average molecular weight is 284 g/mol.